The third kappa shape index (κ3) is 6.37. The van der Waals surface area contributed by atoms with Gasteiger partial charge in [-0.15, -0.1) is 35.3 Å². The number of hydrogen-bond acceptors (Lipinski definition) is 4. The van der Waals surface area contributed by atoms with Gasteiger partial charge in [-0.2, -0.15) is 13.2 Å². The van der Waals surface area contributed by atoms with Crippen molar-refractivity contribution in [2.75, 3.05) is 13.6 Å². The van der Waals surface area contributed by atoms with Crippen molar-refractivity contribution in [3.63, 3.8) is 0 Å². The molecule has 128 valence electrons. The average Bonchev–Trinajstić information content (AvgIpc) is 3.13. The van der Waals surface area contributed by atoms with E-state index in [0.717, 1.165) is 22.5 Å². The largest absolute Gasteiger partial charge is 0.467 e. The Balaban J connectivity index is 0.00000264. The summed E-state index contributed by atoms with van der Waals surface area (Å²) in [5.41, 5.74) is -0.840. The number of furan rings is 1. The molecular weight excluding hydrogens is 444 g/mol. The number of hydrogen-bond donors (Lipinski definition) is 2. The van der Waals surface area contributed by atoms with Gasteiger partial charge in [0, 0.05) is 25.4 Å². The maximum absolute atomic E-state index is 12.4. The van der Waals surface area contributed by atoms with E-state index < -0.39 is 11.9 Å². The van der Waals surface area contributed by atoms with Crippen molar-refractivity contribution in [2.45, 2.75) is 19.1 Å². The predicted molar refractivity (Wildman–Crippen MR) is 93.1 cm³/mol. The molecule has 0 aliphatic heterocycles. The number of thiazole rings is 1. The van der Waals surface area contributed by atoms with Gasteiger partial charge in [0.2, 0.25) is 0 Å². The van der Waals surface area contributed by atoms with Gasteiger partial charge < -0.3 is 15.1 Å². The summed E-state index contributed by atoms with van der Waals surface area (Å²) in [5.74, 6) is 1.31. The summed E-state index contributed by atoms with van der Waals surface area (Å²) in [6.45, 7) is 0.908. The number of aliphatic imine (C=N–C) groups is 1. The first-order valence-electron chi connectivity index (χ1n) is 6.47. The lowest BCUT2D eigenvalue weighted by Gasteiger charge is -2.10. The van der Waals surface area contributed by atoms with Crippen LogP contribution in [0.15, 0.2) is 33.2 Å². The van der Waals surface area contributed by atoms with Gasteiger partial charge in [-0.25, -0.2) is 4.98 Å². The quantitative estimate of drug-likeness (QED) is 0.409. The zero-order valence-electron chi connectivity index (χ0n) is 12.2. The minimum atomic E-state index is -4.39. The molecule has 23 heavy (non-hydrogen) atoms. The average molecular weight is 460 g/mol. The van der Waals surface area contributed by atoms with E-state index in [1.54, 1.807) is 19.4 Å². The summed E-state index contributed by atoms with van der Waals surface area (Å²) < 4.78 is 42.5. The van der Waals surface area contributed by atoms with E-state index in [9.17, 15) is 13.2 Å². The summed E-state index contributed by atoms with van der Waals surface area (Å²) in [7, 11) is 1.61. The molecule has 0 spiro atoms. The number of rotatable bonds is 5. The van der Waals surface area contributed by atoms with Crippen molar-refractivity contribution in [3.05, 3.63) is 40.2 Å². The number of alkyl halides is 3. The highest BCUT2D eigenvalue weighted by atomic mass is 127. The fourth-order valence-corrected chi connectivity index (χ4v) is 2.45. The van der Waals surface area contributed by atoms with Crippen LogP contribution >= 0.6 is 35.3 Å². The normalized spacial score (nSPS) is 11.9. The number of nitrogens with zero attached hydrogens (tertiary/aromatic N) is 2. The Morgan fingerprint density at radius 2 is 2.17 bits per heavy atom. The van der Waals surface area contributed by atoms with E-state index in [-0.39, 0.29) is 24.0 Å². The van der Waals surface area contributed by atoms with Crippen LogP contribution in [0.3, 0.4) is 0 Å². The van der Waals surface area contributed by atoms with E-state index in [1.807, 2.05) is 6.07 Å². The summed E-state index contributed by atoms with van der Waals surface area (Å²) in [6.07, 6.45) is -2.42. The molecule has 0 saturated heterocycles. The molecule has 10 heteroatoms. The second-order valence-corrected chi connectivity index (χ2v) is 5.25. The van der Waals surface area contributed by atoms with Crippen LogP contribution in [0.1, 0.15) is 16.5 Å². The summed E-state index contributed by atoms with van der Waals surface area (Å²) in [5, 5.41) is 7.51. The Labute approximate surface area is 152 Å². The number of nitrogens with one attached hydrogen (secondary N) is 2. The fourth-order valence-electron chi connectivity index (χ4n) is 1.65. The minimum Gasteiger partial charge on any atom is -0.467 e. The summed E-state index contributed by atoms with van der Waals surface area (Å²) in [6, 6.07) is 3.61. The smallest absolute Gasteiger partial charge is 0.434 e. The maximum Gasteiger partial charge on any atom is 0.434 e. The van der Waals surface area contributed by atoms with Gasteiger partial charge in [0.25, 0.3) is 0 Å². The monoisotopic (exact) mass is 460 g/mol. The van der Waals surface area contributed by atoms with Crippen molar-refractivity contribution < 1.29 is 17.6 Å². The Hall–Kier alpha value is -1.30. The van der Waals surface area contributed by atoms with Crippen molar-refractivity contribution in [3.8, 4) is 0 Å². The van der Waals surface area contributed by atoms with E-state index in [0.29, 0.717) is 30.5 Å². The second kappa shape index (κ2) is 9.11. The molecule has 0 bridgehead atoms. The van der Waals surface area contributed by atoms with E-state index in [4.69, 9.17) is 4.42 Å². The summed E-state index contributed by atoms with van der Waals surface area (Å²) >= 11 is 1.00. The second-order valence-electron chi connectivity index (χ2n) is 4.31. The highest BCUT2D eigenvalue weighted by Crippen LogP contribution is 2.29. The molecule has 0 amide bonds. The zero-order chi connectivity index (χ0) is 16.0. The van der Waals surface area contributed by atoms with Gasteiger partial charge in [-0.1, -0.05) is 0 Å². The number of halogens is 4. The molecule has 0 unspecified atom stereocenters. The van der Waals surface area contributed by atoms with Gasteiger partial charge in [0.1, 0.15) is 5.76 Å². The van der Waals surface area contributed by atoms with E-state index in [2.05, 4.69) is 20.6 Å². The molecule has 0 aliphatic carbocycles. The predicted octanol–water partition coefficient (Wildman–Crippen LogP) is 3.28. The van der Waals surface area contributed by atoms with Gasteiger partial charge in [0.05, 0.1) is 17.8 Å². The highest BCUT2D eigenvalue weighted by Gasteiger charge is 2.33. The molecule has 5 nitrogen and oxygen atoms in total. The molecule has 2 rings (SSSR count). The van der Waals surface area contributed by atoms with Crippen LogP contribution < -0.4 is 10.6 Å². The van der Waals surface area contributed by atoms with Gasteiger partial charge in [-0.05, 0) is 12.1 Å². The molecule has 2 N–H and O–H groups in total. The highest BCUT2D eigenvalue weighted by molar-refractivity contribution is 14.0. The Kier molecular flexibility index (Phi) is 7.82. The van der Waals surface area contributed by atoms with Crippen molar-refractivity contribution in [2.24, 2.45) is 4.99 Å². The number of guanidine groups is 1. The topological polar surface area (TPSA) is 62.5 Å². The van der Waals surface area contributed by atoms with E-state index in [1.165, 1.54) is 0 Å². The standard InChI is InChI=1S/C13H15F3N4OS.HI/c1-17-12(19-7-9-3-2-6-21-9)18-5-4-11-20-10(8-22-11)13(14,15)16;/h2-3,6,8H,4-5,7H2,1H3,(H2,17,18,19);1H. The Morgan fingerprint density at radius 3 is 2.74 bits per heavy atom. The van der Waals surface area contributed by atoms with Gasteiger partial charge in [-0.3, -0.25) is 4.99 Å². The van der Waals surface area contributed by atoms with Crippen LogP contribution in [0.5, 0.6) is 0 Å². The lowest BCUT2D eigenvalue weighted by atomic mass is 10.4. The Morgan fingerprint density at radius 1 is 1.39 bits per heavy atom. The van der Waals surface area contributed by atoms with Crippen molar-refractivity contribution in [1.82, 2.24) is 15.6 Å². The Bertz CT molecular complexity index is 613. The van der Waals surface area contributed by atoms with E-state index >= 15 is 0 Å². The first-order chi connectivity index (χ1) is 10.5. The minimum absolute atomic E-state index is 0. The molecule has 0 aromatic carbocycles. The molecule has 2 aromatic heterocycles. The van der Waals surface area contributed by atoms with Gasteiger partial charge in [0.15, 0.2) is 11.7 Å². The zero-order valence-corrected chi connectivity index (χ0v) is 15.3. The molecule has 0 radical (unpaired) electrons. The third-order valence-electron chi connectivity index (χ3n) is 2.71. The van der Waals surface area contributed by atoms with Crippen LogP contribution in [0, 0.1) is 0 Å². The van der Waals surface area contributed by atoms with Crippen LogP contribution in [-0.4, -0.2) is 24.5 Å². The van der Waals surface area contributed by atoms with Crippen LogP contribution in [-0.2, 0) is 19.1 Å². The molecule has 0 fully saturated rings. The summed E-state index contributed by atoms with van der Waals surface area (Å²) in [4.78, 5) is 7.59. The molecule has 0 aliphatic rings. The molecular formula is C13H16F3IN4OS. The SMILES string of the molecule is CN=C(NCCc1nc(C(F)(F)F)cs1)NCc1ccco1.I. The first-order valence-corrected chi connectivity index (χ1v) is 7.35. The van der Waals surface area contributed by atoms with Crippen molar-refractivity contribution in [1.29, 1.82) is 0 Å². The molecule has 0 saturated carbocycles. The lowest BCUT2D eigenvalue weighted by molar-refractivity contribution is -0.140. The van der Waals surface area contributed by atoms with Crippen LogP contribution in [0.2, 0.25) is 0 Å². The maximum atomic E-state index is 12.4. The fraction of sp³-hybridized carbons (Fsp3) is 0.385. The van der Waals surface area contributed by atoms with Crippen LogP contribution in [0.25, 0.3) is 0 Å². The lowest BCUT2D eigenvalue weighted by Crippen LogP contribution is -2.37. The molecule has 2 aromatic rings. The first kappa shape index (κ1) is 19.7. The molecule has 2 heterocycles. The van der Waals surface area contributed by atoms with Crippen LogP contribution in [0.4, 0.5) is 13.2 Å². The third-order valence-corrected chi connectivity index (χ3v) is 3.62. The number of aromatic nitrogens is 1. The van der Waals surface area contributed by atoms with Gasteiger partial charge >= 0.3 is 6.18 Å². The molecule has 0 atom stereocenters. The van der Waals surface area contributed by atoms with Crippen molar-refractivity contribution >= 4 is 41.3 Å².